The fourth-order valence-corrected chi connectivity index (χ4v) is 5.12. The Bertz CT molecular complexity index is 1100. The second-order valence-corrected chi connectivity index (χ2v) is 10.5. The molecule has 0 aromatic heterocycles. The molecule has 9 heteroatoms. The summed E-state index contributed by atoms with van der Waals surface area (Å²) < 4.78 is 32.3. The molecule has 8 nitrogen and oxygen atoms in total. The van der Waals surface area contributed by atoms with Crippen molar-refractivity contribution in [2.45, 2.75) is 31.2 Å². The molecule has 2 aromatic rings. The lowest BCUT2D eigenvalue weighted by molar-refractivity contribution is -0.130. The van der Waals surface area contributed by atoms with E-state index in [2.05, 4.69) is 11.0 Å². The van der Waals surface area contributed by atoms with E-state index in [-0.39, 0.29) is 29.6 Å². The second kappa shape index (κ2) is 11.6. The van der Waals surface area contributed by atoms with Gasteiger partial charge in [0.2, 0.25) is 15.9 Å². The highest BCUT2D eigenvalue weighted by Crippen LogP contribution is 2.23. The Balaban J connectivity index is 1.53. The van der Waals surface area contributed by atoms with Gasteiger partial charge in [0.05, 0.1) is 18.1 Å². The van der Waals surface area contributed by atoms with Crippen molar-refractivity contribution < 1.29 is 22.7 Å². The lowest BCUT2D eigenvalue weighted by atomic mass is 10.1. The van der Waals surface area contributed by atoms with E-state index >= 15 is 0 Å². The summed E-state index contributed by atoms with van der Waals surface area (Å²) >= 11 is 0. The number of Topliss-reactive ketones (excluding diaryl/α,β-unsaturated/α-hetero) is 1. The van der Waals surface area contributed by atoms with Crippen molar-refractivity contribution in [2.24, 2.45) is 0 Å². The average Bonchev–Trinajstić information content (AvgIpc) is 2.84. The number of morpholine rings is 1. The SMILES string of the molecule is CC(=O)c1ccc(S(=O)(=O)N(C)CCCC(=O)N(C)Cc2ccccc2N2CCOCC2)cc1. The van der Waals surface area contributed by atoms with Gasteiger partial charge >= 0.3 is 0 Å². The third-order valence-electron chi connectivity index (χ3n) is 6.01. The van der Waals surface area contributed by atoms with Crippen molar-refractivity contribution in [3.05, 3.63) is 59.7 Å². The van der Waals surface area contributed by atoms with E-state index < -0.39 is 10.0 Å². The lowest BCUT2D eigenvalue weighted by Gasteiger charge is -2.31. The minimum absolute atomic E-state index is 0.0339. The molecule has 3 rings (SSSR count). The minimum atomic E-state index is -3.68. The van der Waals surface area contributed by atoms with Crippen LogP contribution in [0.25, 0.3) is 0 Å². The minimum Gasteiger partial charge on any atom is -0.378 e. The zero-order chi connectivity index (χ0) is 24.7. The first-order valence-corrected chi connectivity index (χ1v) is 12.9. The number of hydrogen-bond acceptors (Lipinski definition) is 6. The highest BCUT2D eigenvalue weighted by atomic mass is 32.2. The standard InChI is InChI=1S/C25H33N3O5S/c1-20(29)21-10-12-23(13-11-21)34(31,32)27(3)14-6-9-25(30)26(2)19-22-7-4-5-8-24(22)28-15-17-33-18-16-28/h4-5,7-8,10-13H,6,9,14-19H2,1-3H3. The zero-order valence-corrected chi connectivity index (χ0v) is 20.9. The zero-order valence-electron chi connectivity index (χ0n) is 20.1. The maximum absolute atomic E-state index is 12.8. The summed E-state index contributed by atoms with van der Waals surface area (Å²) in [5.41, 5.74) is 2.66. The van der Waals surface area contributed by atoms with Gasteiger partial charge in [0.15, 0.2) is 5.78 Å². The van der Waals surface area contributed by atoms with E-state index in [1.165, 1.54) is 42.5 Å². The van der Waals surface area contributed by atoms with Gasteiger partial charge in [0, 0.05) is 57.9 Å². The predicted octanol–water partition coefficient (Wildman–Crippen LogP) is 2.79. The van der Waals surface area contributed by atoms with Crippen molar-refractivity contribution in [1.82, 2.24) is 9.21 Å². The number of ketones is 1. The number of amides is 1. The number of anilines is 1. The molecular weight excluding hydrogens is 454 g/mol. The number of benzene rings is 2. The number of hydrogen-bond donors (Lipinski definition) is 0. The number of ether oxygens (including phenoxy) is 1. The third-order valence-corrected chi connectivity index (χ3v) is 7.88. The van der Waals surface area contributed by atoms with Crippen molar-refractivity contribution in [2.75, 3.05) is 51.8 Å². The van der Waals surface area contributed by atoms with Gasteiger partial charge in [-0.05, 0) is 37.1 Å². The van der Waals surface area contributed by atoms with E-state index in [1.807, 2.05) is 18.2 Å². The van der Waals surface area contributed by atoms with Crippen molar-refractivity contribution in [3.63, 3.8) is 0 Å². The largest absolute Gasteiger partial charge is 0.378 e. The van der Waals surface area contributed by atoms with Gasteiger partial charge in [-0.1, -0.05) is 30.3 Å². The molecule has 0 spiro atoms. The Morgan fingerprint density at radius 1 is 1.00 bits per heavy atom. The maximum atomic E-state index is 12.8. The number of para-hydroxylation sites is 1. The van der Waals surface area contributed by atoms with Gasteiger partial charge in [-0.3, -0.25) is 9.59 Å². The molecule has 0 unspecified atom stereocenters. The van der Waals surface area contributed by atoms with Gasteiger partial charge in [-0.25, -0.2) is 12.7 Å². The number of carbonyl (C=O) groups is 2. The van der Waals surface area contributed by atoms with Crippen LogP contribution in [0.4, 0.5) is 5.69 Å². The second-order valence-electron chi connectivity index (χ2n) is 8.49. The Morgan fingerprint density at radius 3 is 2.29 bits per heavy atom. The number of rotatable bonds is 10. The van der Waals surface area contributed by atoms with Crippen LogP contribution in [0, 0.1) is 0 Å². The van der Waals surface area contributed by atoms with Gasteiger partial charge in [0.1, 0.15) is 0 Å². The molecule has 1 fully saturated rings. The molecule has 1 aliphatic rings. The van der Waals surface area contributed by atoms with E-state index in [0.29, 0.717) is 31.7 Å². The van der Waals surface area contributed by atoms with Gasteiger partial charge in [0.25, 0.3) is 0 Å². The number of sulfonamides is 1. The number of nitrogens with zero attached hydrogens (tertiary/aromatic N) is 3. The molecule has 184 valence electrons. The summed E-state index contributed by atoms with van der Waals surface area (Å²) in [5.74, 6) is -0.152. The van der Waals surface area contributed by atoms with Crippen LogP contribution in [-0.4, -0.2) is 76.3 Å². The predicted molar refractivity (Wildman–Crippen MR) is 131 cm³/mol. The Kier molecular flexibility index (Phi) is 8.82. The van der Waals surface area contributed by atoms with Crippen LogP contribution in [-0.2, 0) is 26.1 Å². The maximum Gasteiger partial charge on any atom is 0.242 e. The molecule has 1 amide bonds. The summed E-state index contributed by atoms with van der Waals surface area (Å²) in [7, 11) is -0.411. The van der Waals surface area contributed by atoms with Crippen LogP contribution in [0.15, 0.2) is 53.4 Å². The Labute approximate surface area is 202 Å². The van der Waals surface area contributed by atoms with E-state index in [4.69, 9.17) is 4.74 Å². The molecule has 0 N–H and O–H groups in total. The van der Waals surface area contributed by atoms with Crippen LogP contribution >= 0.6 is 0 Å². The molecular formula is C25H33N3O5S. The third kappa shape index (κ3) is 6.43. The molecule has 1 aliphatic heterocycles. The first-order chi connectivity index (χ1) is 16.2. The van der Waals surface area contributed by atoms with Crippen LogP contribution in [0.5, 0.6) is 0 Å². The highest BCUT2D eigenvalue weighted by molar-refractivity contribution is 7.89. The van der Waals surface area contributed by atoms with E-state index in [9.17, 15) is 18.0 Å². The van der Waals surface area contributed by atoms with Crippen LogP contribution in [0.1, 0.15) is 35.7 Å². The molecule has 0 radical (unpaired) electrons. The fourth-order valence-electron chi connectivity index (χ4n) is 3.91. The van der Waals surface area contributed by atoms with Gasteiger partial charge in [-0.15, -0.1) is 0 Å². The fraction of sp³-hybridized carbons (Fsp3) is 0.440. The Hall–Kier alpha value is -2.75. The van der Waals surface area contributed by atoms with Crippen LogP contribution < -0.4 is 4.90 Å². The molecule has 0 aliphatic carbocycles. The molecule has 0 bridgehead atoms. The summed E-state index contributed by atoms with van der Waals surface area (Å²) in [4.78, 5) is 28.2. The topological polar surface area (TPSA) is 87.2 Å². The summed E-state index contributed by atoms with van der Waals surface area (Å²) in [6.07, 6.45) is 0.662. The summed E-state index contributed by atoms with van der Waals surface area (Å²) in [5, 5.41) is 0. The van der Waals surface area contributed by atoms with Crippen LogP contribution in [0.2, 0.25) is 0 Å². The molecule has 0 saturated carbocycles. The summed E-state index contributed by atoms with van der Waals surface area (Å²) in [6.45, 7) is 5.19. The molecule has 2 aromatic carbocycles. The molecule has 34 heavy (non-hydrogen) atoms. The molecule has 0 atom stereocenters. The van der Waals surface area contributed by atoms with Crippen molar-refractivity contribution >= 4 is 27.4 Å². The average molecular weight is 488 g/mol. The molecule has 1 heterocycles. The monoisotopic (exact) mass is 487 g/mol. The van der Waals surface area contributed by atoms with Gasteiger partial charge < -0.3 is 14.5 Å². The van der Waals surface area contributed by atoms with Gasteiger partial charge in [-0.2, -0.15) is 0 Å². The van der Waals surface area contributed by atoms with Crippen molar-refractivity contribution in [1.29, 1.82) is 0 Å². The van der Waals surface area contributed by atoms with E-state index in [0.717, 1.165) is 24.3 Å². The van der Waals surface area contributed by atoms with Crippen LogP contribution in [0.3, 0.4) is 0 Å². The molecule has 1 saturated heterocycles. The highest BCUT2D eigenvalue weighted by Gasteiger charge is 2.22. The van der Waals surface area contributed by atoms with E-state index in [1.54, 1.807) is 11.9 Å². The first-order valence-electron chi connectivity index (χ1n) is 11.4. The Morgan fingerprint density at radius 2 is 1.65 bits per heavy atom. The normalized spacial score (nSPS) is 14.3. The summed E-state index contributed by atoms with van der Waals surface area (Å²) in [6, 6.07) is 14.0. The first kappa shape index (κ1) is 25.9. The smallest absolute Gasteiger partial charge is 0.242 e. The lowest BCUT2D eigenvalue weighted by Crippen LogP contribution is -2.37. The van der Waals surface area contributed by atoms with Crippen molar-refractivity contribution in [3.8, 4) is 0 Å². The number of carbonyl (C=O) groups excluding carboxylic acids is 2. The quantitative estimate of drug-likeness (QED) is 0.479.